The van der Waals surface area contributed by atoms with Crippen LogP contribution in [0.4, 0.5) is 0 Å². The second-order valence-corrected chi connectivity index (χ2v) is 14.0. The Kier molecular flexibility index (Phi) is 4.72. The maximum Gasteiger partial charge on any atom is 0.334 e. The quantitative estimate of drug-likeness (QED) is 0.378. The average molecular weight is 573 g/mol. The topological polar surface area (TPSA) is 99.4 Å². The summed E-state index contributed by atoms with van der Waals surface area (Å²) >= 11 is 0. The number of hydrogen-bond acceptors (Lipinski definition) is 8. The molecule has 2 aromatic rings. The lowest BCUT2D eigenvalue weighted by Crippen LogP contribution is -2.70. The van der Waals surface area contributed by atoms with E-state index in [0.29, 0.717) is 13.0 Å². The van der Waals surface area contributed by atoms with Gasteiger partial charge < -0.3 is 28.4 Å². The lowest BCUT2D eigenvalue weighted by atomic mass is 9.46. The number of carbonyl (C=O) groups excluding carboxylic acids is 2. The Morgan fingerprint density at radius 3 is 2.60 bits per heavy atom. The Morgan fingerprint density at radius 2 is 1.81 bits per heavy atom. The predicted octanol–water partition coefficient (Wildman–Crippen LogP) is 4.62. The minimum absolute atomic E-state index is 0.109. The van der Waals surface area contributed by atoms with E-state index in [-0.39, 0.29) is 47.5 Å². The summed E-state index contributed by atoms with van der Waals surface area (Å²) in [6.45, 7) is 8.83. The molecular formula is C34H36O8. The zero-order chi connectivity index (χ0) is 29.0. The van der Waals surface area contributed by atoms with Crippen LogP contribution in [0.3, 0.4) is 0 Å². The summed E-state index contributed by atoms with van der Waals surface area (Å²) in [4.78, 5) is 26.5. The van der Waals surface area contributed by atoms with E-state index in [2.05, 4.69) is 26.8 Å². The number of cyclic esters (lactones) is 1. The number of esters is 2. The molecule has 9 rings (SSSR count). The zero-order valence-corrected chi connectivity index (χ0v) is 24.6. The molecule has 2 aromatic carbocycles. The standard InChI is InChI=1S/C34H36O8/c1-16(2)32-26(41-32)27-34(42-27)31(4)11-10-22-23(15-38-29(22)36)24(31)14-25-33(34,40-25)30(32)39-28(35)17(3)18-6-7-20-13-21(37-5)9-8-19(20)12-18/h6-9,12-13,16-17,24-27,30H,10-11,14-15H2,1-5H3. The summed E-state index contributed by atoms with van der Waals surface area (Å²) in [5.74, 6) is 0.113. The fourth-order valence-corrected chi connectivity index (χ4v) is 9.84. The maximum absolute atomic E-state index is 14.0. The van der Waals surface area contributed by atoms with E-state index < -0.39 is 28.8 Å². The van der Waals surface area contributed by atoms with Gasteiger partial charge in [0.25, 0.3) is 0 Å². The summed E-state index contributed by atoms with van der Waals surface area (Å²) in [6.07, 6.45) is 1.28. The molecule has 4 heterocycles. The van der Waals surface area contributed by atoms with E-state index >= 15 is 0 Å². The summed E-state index contributed by atoms with van der Waals surface area (Å²) in [5, 5.41) is 2.09. The van der Waals surface area contributed by atoms with Gasteiger partial charge in [-0.3, -0.25) is 4.79 Å². The SMILES string of the molecule is COc1ccc2cc(C(C)C(=O)OC3C4(C(C)C)OC4C4OC45C4(C)CCC6=C(COC6=O)C4CC4OC435)ccc2c1. The van der Waals surface area contributed by atoms with Crippen molar-refractivity contribution in [2.45, 2.75) is 94.1 Å². The van der Waals surface area contributed by atoms with E-state index in [9.17, 15) is 9.59 Å². The first kappa shape index (κ1) is 25.5. The third kappa shape index (κ3) is 2.72. The van der Waals surface area contributed by atoms with Crippen molar-refractivity contribution in [3.63, 3.8) is 0 Å². The van der Waals surface area contributed by atoms with Crippen LogP contribution < -0.4 is 4.74 Å². The Morgan fingerprint density at radius 1 is 1.02 bits per heavy atom. The molecule has 10 unspecified atom stereocenters. The molecule has 0 amide bonds. The second kappa shape index (κ2) is 7.76. The molecule has 3 aliphatic carbocycles. The van der Waals surface area contributed by atoms with Crippen LogP contribution in [0.25, 0.3) is 10.8 Å². The number of carbonyl (C=O) groups is 2. The van der Waals surface area contributed by atoms with Crippen LogP contribution >= 0.6 is 0 Å². The van der Waals surface area contributed by atoms with Crippen molar-refractivity contribution in [2.75, 3.05) is 13.7 Å². The van der Waals surface area contributed by atoms with Crippen molar-refractivity contribution in [3.05, 3.63) is 53.1 Å². The van der Waals surface area contributed by atoms with Crippen LogP contribution in [0, 0.1) is 17.3 Å². The molecule has 42 heavy (non-hydrogen) atoms. The van der Waals surface area contributed by atoms with E-state index in [0.717, 1.165) is 46.1 Å². The highest BCUT2D eigenvalue weighted by Gasteiger charge is 3.01. The molecule has 0 N–H and O–H groups in total. The number of fused-ring (bicyclic) bond motifs is 5. The first-order valence-corrected chi connectivity index (χ1v) is 15.3. The Hall–Kier alpha value is -2.94. The Bertz CT molecular complexity index is 1630. The average Bonchev–Trinajstić information content (AvgIpc) is 3.90. The van der Waals surface area contributed by atoms with Crippen LogP contribution in [-0.4, -0.2) is 66.9 Å². The number of hydrogen-bond donors (Lipinski definition) is 0. The van der Waals surface area contributed by atoms with Gasteiger partial charge in [0, 0.05) is 11.0 Å². The van der Waals surface area contributed by atoms with Crippen LogP contribution in [0.15, 0.2) is 47.5 Å². The smallest absolute Gasteiger partial charge is 0.334 e. The van der Waals surface area contributed by atoms with E-state index in [1.54, 1.807) is 7.11 Å². The van der Waals surface area contributed by atoms with Gasteiger partial charge in [0.05, 0.1) is 19.1 Å². The van der Waals surface area contributed by atoms with Gasteiger partial charge in [0.2, 0.25) is 0 Å². The fraction of sp³-hybridized carbons (Fsp3) is 0.588. The van der Waals surface area contributed by atoms with Crippen LogP contribution in [0.1, 0.15) is 58.4 Å². The van der Waals surface area contributed by atoms with Gasteiger partial charge in [0.1, 0.15) is 35.8 Å². The van der Waals surface area contributed by atoms with Crippen LogP contribution in [0.5, 0.6) is 5.75 Å². The minimum Gasteiger partial charge on any atom is -0.497 e. The normalized spacial score (nSPS) is 44.1. The summed E-state index contributed by atoms with van der Waals surface area (Å²) in [7, 11) is 1.66. The third-order valence-corrected chi connectivity index (χ3v) is 12.2. The lowest BCUT2D eigenvalue weighted by molar-refractivity contribution is -0.170. The van der Waals surface area contributed by atoms with Crippen molar-refractivity contribution < 1.29 is 38.0 Å². The van der Waals surface area contributed by atoms with E-state index in [1.165, 1.54) is 0 Å². The molecule has 220 valence electrons. The molecule has 4 aliphatic heterocycles. The molecule has 0 aromatic heterocycles. The first-order chi connectivity index (χ1) is 20.1. The van der Waals surface area contributed by atoms with Gasteiger partial charge in [-0.05, 0) is 72.1 Å². The van der Waals surface area contributed by atoms with Gasteiger partial charge in [-0.2, -0.15) is 0 Å². The maximum atomic E-state index is 14.0. The van der Waals surface area contributed by atoms with Gasteiger partial charge in [-0.1, -0.05) is 45.0 Å². The molecule has 10 atom stereocenters. The largest absolute Gasteiger partial charge is 0.497 e. The molecule has 3 saturated heterocycles. The molecular weight excluding hydrogens is 536 g/mol. The monoisotopic (exact) mass is 572 g/mol. The van der Waals surface area contributed by atoms with Gasteiger partial charge >= 0.3 is 11.9 Å². The number of benzene rings is 2. The van der Waals surface area contributed by atoms with Crippen molar-refractivity contribution in [1.82, 2.24) is 0 Å². The molecule has 2 saturated carbocycles. The van der Waals surface area contributed by atoms with Crippen molar-refractivity contribution in [3.8, 4) is 5.75 Å². The Balaban J connectivity index is 1.07. The molecule has 5 fully saturated rings. The highest BCUT2D eigenvalue weighted by atomic mass is 16.8. The van der Waals surface area contributed by atoms with E-state index in [4.69, 9.17) is 28.4 Å². The predicted molar refractivity (Wildman–Crippen MR) is 150 cm³/mol. The highest BCUT2D eigenvalue weighted by molar-refractivity contribution is 5.92. The van der Waals surface area contributed by atoms with Crippen LogP contribution in [-0.2, 0) is 33.3 Å². The van der Waals surface area contributed by atoms with Gasteiger partial charge in [0.15, 0.2) is 11.7 Å². The molecule has 8 nitrogen and oxygen atoms in total. The molecule has 7 aliphatic rings. The molecule has 0 radical (unpaired) electrons. The number of ether oxygens (including phenoxy) is 6. The number of methoxy groups -OCH3 is 1. The van der Waals surface area contributed by atoms with Crippen molar-refractivity contribution in [2.24, 2.45) is 17.3 Å². The third-order valence-electron chi connectivity index (χ3n) is 12.2. The molecule has 2 spiro atoms. The zero-order valence-electron chi connectivity index (χ0n) is 24.6. The number of epoxide rings is 3. The molecule has 8 heteroatoms. The second-order valence-electron chi connectivity index (χ2n) is 14.0. The summed E-state index contributed by atoms with van der Waals surface area (Å²) < 4.78 is 37.6. The highest BCUT2D eigenvalue weighted by Crippen LogP contribution is 2.83. The minimum atomic E-state index is -0.753. The summed E-state index contributed by atoms with van der Waals surface area (Å²) in [5.41, 5.74) is 0.584. The van der Waals surface area contributed by atoms with Gasteiger partial charge in [-0.25, -0.2) is 4.79 Å². The lowest BCUT2D eigenvalue weighted by Gasteiger charge is -2.53. The Labute approximate surface area is 244 Å². The van der Waals surface area contributed by atoms with Gasteiger partial charge in [-0.15, -0.1) is 0 Å². The van der Waals surface area contributed by atoms with E-state index in [1.807, 2.05) is 37.3 Å². The number of rotatable bonds is 5. The van der Waals surface area contributed by atoms with Crippen molar-refractivity contribution >= 4 is 22.7 Å². The first-order valence-electron chi connectivity index (χ1n) is 15.3. The van der Waals surface area contributed by atoms with Crippen LogP contribution in [0.2, 0.25) is 0 Å². The fourth-order valence-electron chi connectivity index (χ4n) is 9.84. The van der Waals surface area contributed by atoms with Crippen molar-refractivity contribution in [1.29, 1.82) is 0 Å². The molecule has 0 bridgehead atoms. The summed E-state index contributed by atoms with van der Waals surface area (Å²) in [6, 6.07) is 12.0.